The Kier molecular flexibility index (Phi) is 3.88. The monoisotopic (exact) mass is 312 g/mol. The molecule has 2 fully saturated rings. The molecule has 1 saturated carbocycles. The smallest absolute Gasteiger partial charge is 0.118 e. The molecule has 0 amide bonds. The van der Waals surface area contributed by atoms with Crippen LogP contribution in [0.5, 0.6) is 0 Å². The maximum absolute atomic E-state index is 4.66. The molecule has 2 heterocycles. The van der Waals surface area contributed by atoms with Gasteiger partial charge in [0.05, 0.1) is 5.52 Å². The van der Waals surface area contributed by atoms with Gasteiger partial charge >= 0.3 is 0 Å². The predicted molar refractivity (Wildman–Crippen MR) is 93.1 cm³/mol. The number of hydrogen-bond acceptors (Lipinski definition) is 3. The standard InChI is InChI=1S/C19H28N4/c1-15-12-16(2)14-19(13-15,22-10-6-3-7-11-22)23-18-9-5-4-8-17(18)20-21-23/h4-5,8-9,15-16H,3,6-7,10-14H2,1-2H3. The lowest BCUT2D eigenvalue weighted by molar-refractivity contribution is -0.0652. The van der Waals surface area contributed by atoms with Crippen molar-refractivity contribution in [2.24, 2.45) is 11.8 Å². The van der Waals surface area contributed by atoms with Crippen molar-refractivity contribution in [3.05, 3.63) is 24.3 Å². The molecular weight excluding hydrogens is 284 g/mol. The maximum atomic E-state index is 4.66. The van der Waals surface area contributed by atoms with E-state index in [2.05, 4.69) is 58.0 Å². The second-order valence-corrected chi connectivity index (χ2v) is 7.87. The van der Waals surface area contributed by atoms with Crippen LogP contribution in [0.1, 0.15) is 52.4 Å². The number of hydrogen-bond donors (Lipinski definition) is 0. The van der Waals surface area contributed by atoms with Gasteiger partial charge in [0.2, 0.25) is 0 Å². The number of para-hydroxylation sites is 1. The van der Waals surface area contributed by atoms with Crippen LogP contribution in [0.3, 0.4) is 0 Å². The molecule has 0 radical (unpaired) electrons. The van der Waals surface area contributed by atoms with Crippen molar-refractivity contribution in [2.45, 2.75) is 58.0 Å². The van der Waals surface area contributed by atoms with Crippen molar-refractivity contribution in [2.75, 3.05) is 13.1 Å². The molecule has 1 saturated heterocycles. The number of aromatic nitrogens is 3. The van der Waals surface area contributed by atoms with Crippen molar-refractivity contribution in [3.8, 4) is 0 Å². The molecule has 1 aromatic carbocycles. The zero-order valence-corrected chi connectivity index (χ0v) is 14.4. The third-order valence-electron chi connectivity index (χ3n) is 5.85. The summed E-state index contributed by atoms with van der Waals surface area (Å²) in [6.07, 6.45) is 7.74. The molecule has 0 spiro atoms. The van der Waals surface area contributed by atoms with E-state index in [0.717, 1.165) is 17.4 Å². The van der Waals surface area contributed by atoms with E-state index in [0.29, 0.717) is 0 Å². The van der Waals surface area contributed by atoms with Crippen LogP contribution in [0.2, 0.25) is 0 Å². The highest BCUT2D eigenvalue weighted by molar-refractivity contribution is 5.74. The fraction of sp³-hybridized carbons (Fsp3) is 0.684. The Hall–Kier alpha value is -1.42. The second-order valence-electron chi connectivity index (χ2n) is 7.87. The third-order valence-corrected chi connectivity index (χ3v) is 5.85. The number of nitrogens with zero attached hydrogens (tertiary/aromatic N) is 4. The summed E-state index contributed by atoms with van der Waals surface area (Å²) in [6, 6.07) is 8.44. The van der Waals surface area contributed by atoms with Crippen molar-refractivity contribution in [1.29, 1.82) is 0 Å². The highest BCUT2D eigenvalue weighted by Gasteiger charge is 2.45. The molecule has 4 nitrogen and oxygen atoms in total. The lowest BCUT2D eigenvalue weighted by Gasteiger charge is -2.51. The fourth-order valence-electron chi connectivity index (χ4n) is 5.10. The van der Waals surface area contributed by atoms with Gasteiger partial charge in [-0.2, -0.15) is 0 Å². The first-order valence-electron chi connectivity index (χ1n) is 9.25. The summed E-state index contributed by atoms with van der Waals surface area (Å²) in [5.74, 6) is 1.48. The predicted octanol–water partition coefficient (Wildman–Crippen LogP) is 4.03. The normalized spacial score (nSPS) is 33.1. The van der Waals surface area contributed by atoms with Gasteiger partial charge in [-0.3, -0.25) is 4.90 Å². The van der Waals surface area contributed by atoms with Crippen LogP contribution in [-0.4, -0.2) is 33.0 Å². The van der Waals surface area contributed by atoms with Crippen molar-refractivity contribution in [3.63, 3.8) is 0 Å². The van der Waals surface area contributed by atoms with Crippen LogP contribution in [0.15, 0.2) is 24.3 Å². The van der Waals surface area contributed by atoms with E-state index in [1.165, 1.54) is 57.1 Å². The minimum atomic E-state index is 0.0214. The second kappa shape index (κ2) is 5.90. The maximum Gasteiger partial charge on any atom is 0.118 e. The molecule has 2 unspecified atom stereocenters. The van der Waals surface area contributed by atoms with E-state index < -0.39 is 0 Å². The summed E-state index contributed by atoms with van der Waals surface area (Å²) >= 11 is 0. The minimum Gasteiger partial charge on any atom is -0.279 e. The lowest BCUT2D eigenvalue weighted by atomic mass is 9.75. The Labute approximate surface area is 138 Å². The van der Waals surface area contributed by atoms with Crippen molar-refractivity contribution in [1.82, 2.24) is 19.9 Å². The summed E-state index contributed by atoms with van der Waals surface area (Å²) in [4.78, 5) is 2.73. The Morgan fingerprint density at radius 1 is 1.00 bits per heavy atom. The molecule has 0 N–H and O–H groups in total. The highest BCUT2D eigenvalue weighted by Crippen LogP contribution is 2.45. The van der Waals surface area contributed by atoms with E-state index in [9.17, 15) is 0 Å². The third kappa shape index (κ3) is 2.57. The average Bonchev–Trinajstić information content (AvgIpc) is 2.99. The largest absolute Gasteiger partial charge is 0.279 e. The molecular formula is C19H28N4. The Bertz CT molecular complexity index is 661. The van der Waals surface area contributed by atoms with Crippen LogP contribution >= 0.6 is 0 Å². The van der Waals surface area contributed by atoms with E-state index in [1.807, 2.05) is 0 Å². The molecule has 2 aromatic rings. The molecule has 124 valence electrons. The minimum absolute atomic E-state index is 0.0214. The summed E-state index contributed by atoms with van der Waals surface area (Å²) in [7, 11) is 0. The Balaban J connectivity index is 1.84. The van der Waals surface area contributed by atoms with Crippen LogP contribution in [-0.2, 0) is 5.66 Å². The molecule has 0 bridgehead atoms. The Morgan fingerprint density at radius 3 is 2.43 bits per heavy atom. The van der Waals surface area contributed by atoms with Crippen LogP contribution in [0, 0.1) is 11.8 Å². The van der Waals surface area contributed by atoms with Crippen molar-refractivity contribution < 1.29 is 0 Å². The van der Waals surface area contributed by atoms with Gasteiger partial charge in [0.1, 0.15) is 11.2 Å². The average molecular weight is 312 g/mol. The molecule has 4 heteroatoms. The van der Waals surface area contributed by atoms with Crippen LogP contribution in [0.4, 0.5) is 0 Å². The van der Waals surface area contributed by atoms with E-state index in [4.69, 9.17) is 0 Å². The summed E-state index contributed by atoms with van der Waals surface area (Å²) < 4.78 is 2.28. The van der Waals surface area contributed by atoms with Gasteiger partial charge in [0, 0.05) is 13.1 Å². The number of likely N-dealkylation sites (tertiary alicyclic amines) is 1. The fourth-order valence-corrected chi connectivity index (χ4v) is 5.10. The van der Waals surface area contributed by atoms with Crippen LogP contribution < -0.4 is 0 Å². The van der Waals surface area contributed by atoms with E-state index in [1.54, 1.807) is 0 Å². The number of fused-ring (bicyclic) bond motifs is 1. The van der Waals surface area contributed by atoms with E-state index >= 15 is 0 Å². The van der Waals surface area contributed by atoms with Gasteiger partial charge in [0.25, 0.3) is 0 Å². The van der Waals surface area contributed by atoms with E-state index in [-0.39, 0.29) is 5.66 Å². The first-order valence-corrected chi connectivity index (χ1v) is 9.25. The topological polar surface area (TPSA) is 34.0 Å². The van der Waals surface area contributed by atoms with Gasteiger partial charge in [-0.25, -0.2) is 4.68 Å². The molecule has 23 heavy (non-hydrogen) atoms. The molecule has 1 aliphatic carbocycles. The molecule has 2 aliphatic rings. The van der Waals surface area contributed by atoms with Crippen LogP contribution in [0.25, 0.3) is 11.0 Å². The molecule has 4 rings (SSSR count). The first-order chi connectivity index (χ1) is 11.2. The zero-order chi connectivity index (χ0) is 15.9. The van der Waals surface area contributed by atoms with Gasteiger partial charge in [-0.05, 0) is 56.1 Å². The molecule has 2 atom stereocenters. The van der Waals surface area contributed by atoms with Crippen molar-refractivity contribution >= 4 is 11.0 Å². The van der Waals surface area contributed by atoms with Gasteiger partial charge in [-0.1, -0.05) is 37.6 Å². The number of benzene rings is 1. The van der Waals surface area contributed by atoms with Gasteiger partial charge in [0.15, 0.2) is 0 Å². The van der Waals surface area contributed by atoms with Gasteiger partial charge < -0.3 is 0 Å². The summed E-state index contributed by atoms with van der Waals surface area (Å²) in [5.41, 5.74) is 2.24. The molecule has 1 aromatic heterocycles. The SMILES string of the molecule is CC1CC(C)CC(N2CCCCC2)(n2nnc3ccccc32)C1. The highest BCUT2D eigenvalue weighted by atomic mass is 15.5. The molecule has 1 aliphatic heterocycles. The lowest BCUT2D eigenvalue weighted by Crippen LogP contribution is -2.56. The summed E-state index contributed by atoms with van der Waals surface area (Å²) in [6.45, 7) is 7.22. The zero-order valence-electron chi connectivity index (χ0n) is 14.4. The first kappa shape index (κ1) is 15.1. The number of piperidine rings is 1. The Morgan fingerprint density at radius 2 is 1.70 bits per heavy atom. The van der Waals surface area contributed by atoms with Gasteiger partial charge in [-0.15, -0.1) is 5.10 Å². The quantitative estimate of drug-likeness (QED) is 0.839. The number of rotatable bonds is 2. The summed E-state index contributed by atoms with van der Waals surface area (Å²) in [5, 5.41) is 9.13.